The Balaban J connectivity index is 2.63. The van der Waals surface area contributed by atoms with Crippen molar-refractivity contribution in [2.75, 3.05) is 18.4 Å². The molecule has 0 aliphatic rings. The lowest BCUT2D eigenvalue weighted by Crippen LogP contribution is -2.30. The van der Waals surface area contributed by atoms with Crippen LogP contribution in [0.15, 0.2) is 24.3 Å². The number of nitriles is 1. The molecule has 0 saturated carbocycles. The fourth-order valence-electron chi connectivity index (χ4n) is 1.20. The molecule has 2 N–H and O–H groups in total. The number of carbonyl (C=O) groups excluding carboxylic acids is 1. The monoisotopic (exact) mass is 273 g/mol. The van der Waals surface area contributed by atoms with Crippen molar-refractivity contribution in [3.05, 3.63) is 24.3 Å². The summed E-state index contributed by atoms with van der Waals surface area (Å²) >= 11 is 0. The normalized spacial score (nSPS) is 10.4. The summed E-state index contributed by atoms with van der Waals surface area (Å²) in [5.74, 6) is -0.938. The minimum atomic E-state index is -4.80. The number of hydrogen-bond acceptors (Lipinski definition) is 4. The van der Waals surface area contributed by atoms with Gasteiger partial charge in [0.15, 0.2) is 5.75 Å². The van der Waals surface area contributed by atoms with Crippen LogP contribution in [0.5, 0.6) is 5.75 Å². The number of para-hydroxylation sites is 2. The topological polar surface area (TPSA) is 74.2 Å². The Kier molecular flexibility index (Phi) is 5.00. The number of carbonyl (C=O) groups is 1. The molecule has 0 aliphatic heterocycles. The summed E-state index contributed by atoms with van der Waals surface area (Å²) < 4.78 is 40.2. The first-order valence-electron chi connectivity index (χ1n) is 5.14. The zero-order valence-electron chi connectivity index (χ0n) is 9.62. The van der Waals surface area contributed by atoms with E-state index < -0.39 is 18.0 Å². The fourth-order valence-corrected chi connectivity index (χ4v) is 1.20. The zero-order chi connectivity index (χ0) is 14.3. The van der Waals surface area contributed by atoms with Crippen LogP contribution in [0, 0.1) is 11.3 Å². The Morgan fingerprint density at radius 3 is 2.68 bits per heavy atom. The Bertz CT molecular complexity index is 483. The Hall–Kier alpha value is -2.43. The van der Waals surface area contributed by atoms with Gasteiger partial charge in [-0.3, -0.25) is 4.79 Å². The van der Waals surface area contributed by atoms with Crippen molar-refractivity contribution in [2.45, 2.75) is 6.36 Å². The highest BCUT2D eigenvalue weighted by molar-refractivity contribution is 5.81. The predicted octanol–water partition coefficient (Wildman–Crippen LogP) is 1.64. The molecule has 1 rings (SSSR count). The van der Waals surface area contributed by atoms with E-state index in [1.54, 1.807) is 6.07 Å². The van der Waals surface area contributed by atoms with Gasteiger partial charge in [0, 0.05) is 0 Å². The van der Waals surface area contributed by atoms with Gasteiger partial charge in [0.2, 0.25) is 5.91 Å². The highest BCUT2D eigenvalue weighted by Gasteiger charge is 2.32. The molecule has 19 heavy (non-hydrogen) atoms. The van der Waals surface area contributed by atoms with Crippen molar-refractivity contribution < 1.29 is 22.7 Å². The van der Waals surface area contributed by atoms with Crippen LogP contribution in [0.1, 0.15) is 0 Å². The third kappa shape index (κ3) is 5.63. The minimum Gasteiger partial charge on any atom is -0.404 e. The number of hydrogen-bond donors (Lipinski definition) is 2. The number of nitrogens with one attached hydrogen (secondary N) is 2. The van der Waals surface area contributed by atoms with Crippen molar-refractivity contribution >= 4 is 11.6 Å². The molecule has 0 radical (unpaired) electrons. The van der Waals surface area contributed by atoms with Gasteiger partial charge in [-0.2, -0.15) is 5.26 Å². The van der Waals surface area contributed by atoms with Crippen LogP contribution in [0.25, 0.3) is 0 Å². The van der Waals surface area contributed by atoms with Gasteiger partial charge in [0.05, 0.1) is 18.3 Å². The standard InChI is InChI=1S/C11H10F3N3O2/c12-11(13,14)19-9-4-2-1-3-8(9)17-7-10(18)16-6-5-15/h1-4,17H,6-7H2,(H,16,18). The lowest BCUT2D eigenvalue weighted by atomic mass is 10.3. The lowest BCUT2D eigenvalue weighted by molar-refractivity contribution is -0.274. The molecule has 5 nitrogen and oxygen atoms in total. The average Bonchev–Trinajstić information content (AvgIpc) is 2.33. The van der Waals surface area contributed by atoms with E-state index in [1.165, 1.54) is 18.2 Å². The van der Waals surface area contributed by atoms with Crippen LogP contribution in [0.4, 0.5) is 18.9 Å². The molecule has 1 amide bonds. The first-order chi connectivity index (χ1) is 8.92. The number of halogens is 3. The maximum Gasteiger partial charge on any atom is 0.573 e. The van der Waals surface area contributed by atoms with Crippen molar-refractivity contribution in [1.29, 1.82) is 5.26 Å². The lowest BCUT2D eigenvalue weighted by Gasteiger charge is -2.14. The number of anilines is 1. The summed E-state index contributed by atoms with van der Waals surface area (Å²) in [5, 5.41) is 13.0. The van der Waals surface area contributed by atoms with E-state index in [2.05, 4.69) is 15.4 Å². The molecule has 0 spiro atoms. The van der Waals surface area contributed by atoms with E-state index in [0.29, 0.717) is 0 Å². The van der Waals surface area contributed by atoms with E-state index in [-0.39, 0.29) is 18.8 Å². The van der Waals surface area contributed by atoms with Crippen LogP contribution >= 0.6 is 0 Å². The number of rotatable bonds is 5. The summed E-state index contributed by atoms with van der Waals surface area (Å²) in [4.78, 5) is 11.2. The molecule has 8 heteroatoms. The molecule has 1 aromatic rings. The molecule has 0 fully saturated rings. The molecular weight excluding hydrogens is 263 g/mol. The van der Waals surface area contributed by atoms with Gasteiger partial charge in [-0.25, -0.2) is 0 Å². The quantitative estimate of drug-likeness (QED) is 0.800. The number of benzene rings is 1. The zero-order valence-corrected chi connectivity index (χ0v) is 9.62. The molecule has 0 unspecified atom stereocenters. The smallest absolute Gasteiger partial charge is 0.404 e. The molecule has 0 atom stereocenters. The third-order valence-electron chi connectivity index (χ3n) is 1.92. The molecule has 0 bridgehead atoms. The Morgan fingerprint density at radius 1 is 1.37 bits per heavy atom. The van der Waals surface area contributed by atoms with Crippen molar-refractivity contribution in [1.82, 2.24) is 5.32 Å². The molecule has 0 heterocycles. The van der Waals surface area contributed by atoms with Crippen molar-refractivity contribution in [3.8, 4) is 11.8 Å². The molecule has 1 aromatic carbocycles. The van der Waals surface area contributed by atoms with Crippen molar-refractivity contribution in [3.63, 3.8) is 0 Å². The molecule has 0 aliphatic carbocycles. The first kappa shape index (κ1) is 14.6. The van der Waals surface area contributed by atoms with Gasteiger partial charge >= 0.3 is 6.36 Å². The first-order valence-corrected chi connectivity index (χ1v) is 5.14. The van der Waals surface area contributed by atoms with E-state index in [1.807, 2.05) is 0 Å². The SMILES string of the molecule is N#CCNC(=O)CNc1ccccc1OC(F)(F)F. The average molecular weight is 273 g/mol. The largest absolute Gasteiger partial charge is 0.573 e. The highest BCUT2D eigenvalue weighted by atomic mass is 19.4. The van der Waals surface area contributed by atoms with Crippen LogP contribution in [0.2, 0.25) is 0 Å². The van der Waals surface area contributed by atoms with E-state index in [4.69, 9.17) is 5.26 Å². The molecule has 102 valence electrons. The highest BCUT2D eigenvalue weighted by Crippen LogP contribution is 2.29. The Morgan fingerprint density at radius 2 is 2.05 bits per heavy atom. The summed E-state index contributed by atoms with van der Waals surface area (Å²) in [5.41, 5.74) is 0.0342. The van der Waals surface area contributed by atoms with E-state index >= 15 is 0 Å². The second-order valence-corrected chi connectivity index (χ2v) is 3.33. The molecule has 0 aromatic heterocycles. The Labute approximate surface area is 107 Å². The van der Waals surface area contributed by atoms with Crippen LogP contribution in [0.3, 0.4) is 0 Å². The maximum atomic E-state index is 12.1. The van der Waals surface area contributed by atoms with Gasteiger partial charge in [-0.1, -0.05) is 12.1 Å². The van der Waals surface area contributed by atoms with Gasteiger partial charge in [0.25, 0.3) is 0 Å². The summed E-state index contributed by atoms with van der Waals surface area (Å²) in [6.45, 7) is -0.429. The summed E-state index contributed by atoms with van der Waals surface area (Å²) in [6.07, 6.45) is -4.80. The molecule has 0 saturated heterocycles. The van der Waals surface area contributed by atoms with Gasteiger partial charge in [0.1, 0.15) is 6.54 Å². The van der Waals surface area contributed by atoms with Crippen molar-refractivity contribution in [2.24, 2.45) is 0 Å². The van der Waals surface area contributed by atoms with Crippen LogP contribution in [-0.4, -0.2) is 25.4 Å². The summed E-state index contributed by atoms with van der Waals surface area (Å²) in [6, 6.07) is 7.06. The van der Waals surface area contributed by atoms with Gasteiger partial charge < -0.3 is 15.4 Å². The second kappa shape index (κ2) is 6.49. The fraction of sp³-hybridized carbons (Fsp3) is 0.273. The number of nitrogens with zero attached hydrogens (tertiary/aromatic N) is 1. The maximum absolute atomic E-state index is 12.1. The van der Waals surface area contributed by atoms with Crippen LogP contribution in [-0.2, 0) is 4.79 Å². The molecular formula is C11H10F3N3O2. The van der Waals surface area contributed by atoms with E-state index in [9.17, 15) is 18.0 Å². The predicted molar refractivity (Wildman–Crippen MR) is 60.2 cm³/mol. The summed E-state index contributed by atoms with van der Waals surface area (Å²) in [7, 11) is 0. The third-order valence-corrected chi connectivity index (χ3v) is 1.92. The van der Waals surface area contributed by atoms with E-state index in [0.717, 1.165) is 6.07 Å². The van der Waals surface area contributed by atoms with Gasteiger partial charge in [-0.05, 0) is 12.1 Å². The number of amides is 1. The number of ether oxygens (including phenoxy) is 1. The second-order valence-electron chi connectivity index (χ2n) is 3.33. The van der Waals surface area contributed by atoms with Crippen LogP contribution < -0.4 is 15.4 Å². The number of alkyl halides is 3. The van der Waals surface area contributed by atoms with Gasteiger partial charge in [-0.15, -0.1) is 13.2 Å². The minimum absolute atomic E-state index is 0.0342.